The topological polar surface area (TPSA) is 256 Å². The first kappa shape index (κ1) is 32.2. The number of aliphatic hydroxyl groups excluding tert-OH is 1. The Hall–Kier alpha value is -4.01. The number of unbranched alkanes of at least 4 members (excludes halogenated alkanes) is 1. The van der Waals surface area contributed by atoms with Crippen LogP contribution in [-0.4, -0.2) is 81.6 Å². The Labute approximate surface area is 231 Å². The fourth-order valence-electron chi connectivity index (χ4n) is 4.14. The van der Waals surface area contributed by atoms with Crippen LogP contribution in [0.5, 0.6) is 0 Å². The molecule has 2 aromatic rings. The number of benzene rings is 1. The van der Waals surface area contributed by atoms with Crippen molar-refractivity contribution in [3.63, 3.8) is 0 Å². The third-order valence-electron chi connectivity index (χ3n) is 6.39. The normalized spacial score (nSPS) is 14.9. The van der Waals surface area contributed by atoms with Gasteiger partial charge in [0.1, 0.15) is 18.1 Å². The van der Waals surface area contributed by atoms with Crippen LogP contribution >= 0.6 is 0 Å². The number of hydrogen-bond acceptors (Lipinski definition) is 8. The van der Waals surface area contributed by atoms with Crippen molar-refractivity contribution in [1.82, 2.24) is 20.9 Å². The van der Waals surface area contributed by atoms with Crippen LogP contribution in [-0.2, 0) is 30.4 Å². The summed E-state index contributed by atoms with van der Waals surface area (Å²) in [7, 11) is 0. The van der Waals surface area contributed by atoms with Gasteiger partial charge >= 0.3 is 5.97 Å². The quantitative estimate of drug-likeness (QED) is 0.100. The minimum atomic E-state index is -1.45. The Morgan fingerprint density at radius 2 is 1.62 bits per heavy atom. The summed E-state index contributed by atoms with van der Waals surface area (Å²) in [5, 5.41) is 27.8. The molecule has 5 unspecified atom stereocenters. The lowest BCUT2D eigenvalue weighted by Gasteiger charge is -2.26. The molecule has 0 aliphatic rings. The zero-order valence-electron chi connectivity index (χ0n) is 22.4. The molecule has 12 N–H and O–H groups in total. The number of H-pyrrole nitrogens is 1. The second-order valence-corrected chi connectivity index (χ2v) is 9.65. The number of nitrogens with two attached hydrogens (primary N) is 3. The van der Waals surface area contributed by atoms with Crippen molar-refractivity contribution in [3.8, 4) is 0 Å². The summed E-state index contributed by atoms with van der Waals surface area (Å²) in [4.78, 5) is 64.6. The molecule has 0 saturated carbocycles. The highest BCUT2D eigenvalue weighted by atomic mass is 16.4. The Balaban J connectivity index is 2.10. The summed E-state index contributed by atoms with van der Waals surface area (Å²) in [5.41, 5.74) is 18.4. The van der Waals surface area contributed by atoms with Gasteiger partial charge < -0.3 is 48.3 Å². The molecule has 1 aromatic heterocycles. The second kappa shape index (κ2) is 15.5. The van der Waals surface area contributed by atoms with Crippen LogP contribution in [0.1, 0.15) is 44.6 Å². The fraction of sp³-hybridized carbons (Fsp3) is 0.500. The highest BCUT2D eigenvalue weighted by Crippen LogP contribution is 2.19. The number of aliphatic carboxylic acids is 1. The molecule has 0 saturated heterocycles. The second-order valence-electron chi connectivity index (χ2n) is 9.65. The first-order valence-corrected chi connectivity index (χ1v) is 13.1. The van der Waals surface area contributed by atoms with E-state index in [2.05, 4.69) is 20.9 Å². The van der Waals surface area contributed by atoms with E-state index in [1.165, 1.54) is 6.92 Å². The molecule has 5 atom stereocenters. The molecule has 0 radical (unpaired) electrons. The van der Waals surface area contributed by atoms with Gasteiger partial charge in [0, 0.05) is 23.5 Å². The molecule has 14 heteroatoms. The molecule has 0 spiro atoms. The number of amides is 4. The number of aromatic amines is 1. The van der Waals surface area contributed by atoms with Crippen molar-refractivity contribution >= 4 is 40.5 Å². The predicted octanol–water partition coefficient (Wildman–Crippen LogP) is -1.65. The number of aliphatic hydroxyl groups is 1. The molecule has 0 fully saturated rings. The number of carbonyl (C=O) groups excluding carboxylic acids is 4. The fourth-order valence-corrected chi connectivity index (χ4v) is 4.14. The number of fused-ring (bicyclic) bond motifs is 1. The Kier molecular flexibility index (Phi) is 12.5. The number of carboxylic acids is 1. The van der Waals surface area contributed by atoms with Crippen molar-refractivity contribution in [2.45, 2.75) is 75.7 Å². The highest BCUT2D eigenvalue weighted by Gasteiger charge is 2.32. The van der Waals surface area contributed by atoms with Crippen molar-refractivity contribution in [2.24, 2.45) is 17.2 Å². The SMILES string of the molecule is CC(O)C(NC(=O)C(N)Cc1c[nH]c2ccccc12)C(=O)NC(CCCCN)C(=O)NC(CCC(N)=O)C(=O)O. The van der Waals surface area contributed by atoms with E-state index in [1.807, 2.05) is 24.3 Å². The number of hydrogen-bond donors (Lipinski definition) is 9. The van der Waals surface area contributed by atoms with Crippen LogP contribution in [0.3, 0.4) is 0 Å². The first-order valence-electron chi connectivity index (χ1n) is 13.1. The molecule has 4 amide bonds. The van der Waals surface area contributed by atoms with Crippen molar-refractivity contribution in [2.75, 3.05) is 6.54 Å². The summed E-state index contributed by atoms with van der Waals surface area (Å²) in [6.45, 7) is 1.63. The number of nitrogens with one attached hydrogen (secondary N) is 4. The number of para-hydroxylation sites is 1. The number of primary amides is 1. The molecular formula is C26H39N7O7. The molecule has 0 aliphatic heterocycles. The van der Waals surface area contributed by atoms with Crippen LogP contribution < -0.4 is 33.2 Å². The summed E-state index contributed by atoms with van der Waals surface area (Å²) >= 11 is 0. The maximum atomic E-state index is 13.1. The number of carbonyl (C=O) groups is 5. The monoisotopic (exact) mass is 561 g/mol. The van der Waals surface area contributed by atoms with Crippen LogP contribution in [0.25, 0.3) is 10.9 Å². The van der Waals surface area contributed by atoms with Gasteiger partial charge in [0.05, 0.1) is 12.1 Å². The van der Waals surface area contributed by atoms with E-state index < -0.39 is 59.9 Å². The highest BCUT2D eigenvalue weighted by molar-refractivity contribution is 5.94. The van der Waals surface area contributed by atoms with Gasteiger partial charge in [-0.25, -0.2) is 4.79 Å². The average molecular weight is 562 g/mol. The maximum absolute atomic E-state index is 13.1. The number of rotatable bonds is 17. The van der Waals surface area contributed by atoms with Gasteiger partial charge in [0.2, 0.25) is 23.6 Å². The van der Waals surface area contributed by atoms with E-state index in [4.69, 9.17) is 17.2 Å². The lowest BCUT2D eigenvalue weighted by atomic mass is 10.0. The van der Waals surface area contributed by atoms with E-state index >= 15 is 0 Å². The van der Waals surface area contributed by atoms with Crippen molar-refractivity contribution in [1.29, 1.82) is 0 Å². The largest absolute Gasteiger partial charge is 0.480 e. The third kappa shape index (κ3) is 9.63. The zero-order chi connectivity index (χ0) is 29.8. The Bertz CT molecular complexity index is 1180. The van der Waals surface area contributed by atoms with Gasteiger partial charge in [-0.1, -0.05) is 18.2 Å². The van der Waals surface area contributed by atoms with E-state index in [1.54, 1.807) is 6.20 Å². The molecule has 14 nitrogen and oxygen atoms in total. The van der Waals surface area contributed by atoms with Crippen molar-refractivity contribution < 1.29 is 34.2 Å². The Morgan fingerprint density at radius 1 is 0.950 bits per heavy atom. The molecule has 1 aromatic carbocycles. The van der Waals surface area contributed by atoms with Gasteiger partial charge in [0.15, 0.2) is 0 Å². The average Bonchev–Trinajstić information content (AvgIpc) is 3.30. The summed E-state index contributed by atoms with van der Waals surface area (Å²) in [6.07, 6.45) is 1.12. The molecule has 2 rings (SSSR count). The minimum Gasteiger partial charge on any atom is -0.480 e. The molecule has 0 aliphatic carbocycles. The van der Waals surface area contributed by atoms with Gasteiger partial charge in [0.25, 0.3) is 0 Å². The zero-order valence-corrected chi connectivity index (χ0v) is 22.4. The molecular weight excluding hydrogens is 522 g/mol. The summed E-state index contributed by atoms with van der Waals surface area (Å²) in [5.74, 6) is -4.46. The predicted molar refractivity (Wildman–Crippen MR) is 146 cm³/mol. The molecule has 0 bridgehead atoms. The van der Waals surface area contributed by atoms with Crippen LogP contribution in [0.4, 0.5) is 0 Å². The first-order chi connectivity index (χ1) is 18.9. The third-order valence-corrected chi connectivity index (χ3v) is 6.39. The number of aromatic nitrogens is 1. The lowest BCUT2D eigenvalue weighted by molar-refractivity contribution is -0.142. The Morgan fingerprint density at radius 3 is 2.25 bits per heavy atom. The van der Waals surface area contributed by atoms with E-state index in [0.717, 1.165) is 16.5 Å². The maximum Gasteiger partial charge on any atom is 0.326 e. The van der Waals surface area contributed by atoms with E-state index in [9.17, 15) is 34.2 Å². The number of carboxylic acid groups (broad SMARTS) is 1. The van der Waals surface area contributed by atoms with Crippen LogP contribution in [0.2, 0.25) is 0 Å². The smallest absolute Gasteiger partial charge is 0.326 e. The summed E-state index contributed by atoms with van der Waals surface area (Å²) < 4.78 is 0. The van der Waals surface area contributed by atoms with Gasteiger partial charge in [-0.15, -0.1) is 0 Å². The molecule has 220 valence electrons. The van der Waals surface area contributed by atoms with E-state index in [-0.39, 0.29) is 25.7 Å². The standard InChI is InChI=1S/C26H39N7O7/c1-14(34)22(33-23(36)17(28)12-15-13-30-18-7-3-2-6-16(15)18)25(38)31-19(8-4-5-11-27)24(37)32-20(26(39)40)9-10-21(29)35/h2-3,6-7,13-14,17,19-20,22,30,34H,4-5,8-12,27-28H2,1H3,(H2,29,35)(H,31,38)(H,32,37)(H,33,36)(H,39,40). The van der Waals surface area contributed by atoms with Gasteiger partial charge in [-0.2, -0.15) is 0 Å². The van der Waals surface area contributed by atoms with Crippen LogP contribution in [0, 0.1) is 0 Å². The van der Waals surface area contributed by atoms with E-state index in [0.29, 0.717) is 19.4 Å². The molecule has 1 heterocycles. The van der Waals surface area contributed by atoms with Crippen molar-refractivity contribution in [3.05, 3.63) is 36.0 Å². The van der Waals surface area contributed by atoms with Gasteiger partial charge in [-0.05, 0) is 57.2 Å². The minimum absolute atomic E-state index is 0.109. The van der Waals surface area contributed by atoms with Gasteiger partial charge in [-0.3, -0.25) is 19.2 Å². The summed E-state index contributed by atoms with van der Waals surface area (Å²) in [6, 6.07) is 2.39. The van der Waals surface area contributed by atoms with Crippen LogP contribution in [0.15, 0.2) is 30.5 Å². The lowest BCUT2D eigenvalue weighted by Crippen LogP contribution is -2.60. The molecule has 40 heavy (non-hydrogen) atoms.